The van der Waals surface area contributed by atoms with E-state index in [0.29, 0.717) is 19.3 Å². The number of phosphoric ester groups is 1. The van der Waals surface area contributed by atoms with E-state index in [4.69, 9.17) is 23.3 Å². The Balaban J connectivity index is 4.74. The lowest BCUT2D eigenvalue weighted by Gasteiger charge is -2.21. The maximum Gasteiger partial charge on any atom is 0.472 e. The minimum absolute atomic E-state index is 0.157. The molecule has 0 rings (SSSR count). The number of ether oxygens (including phenoxy) is 3. The van der Waals surface area contributed by atoms with Crippen LogP contribution in [0.25, 0.3) is 0 Å². The average molecular weight is 1010 g/mol. The van der Waals surface area contributed by atoms with Crippen molar-refractivity contribution in [2.75, 3.05) is 26.4 Å². The number of carbonyl (C=O) groups excluding carboxylic acids is 3. The van der Waals surface area contributed by atoms with Gasteiger partial charge in [-0.1, -0.05) is 198 Å². The van der Waals surface area contributed by atoms with Crippen LogP contribution < -0.4 is 0 Å². The number of esters is 3. The average Bonchev–Trinajstić information content (AvgIpc) is 3.35. The summed E-state index contributed by atoms with van der Waals surface area (Å²) in [5.74, 6) is -1.48. The van der Waals surface area contributed by atoms with Gasteiger partial charge in [-0.15, -0.1) is 0 Å². The highest BCUT2D eigenvalue weighted by Crippen LogP contribution is 2.43. The third kappa shape index (κ3) is 50.4. The lowest BCUT2D eigenvalue weighted by atomic mass is 10.1. The van der Waals surface area contributed by atoms with E-state index in [1.807, 2.05) is 0 Å². The quantitative estimate of drug-likeness (QED) is 0.0197. The van der Waals surface area contributed by atoms with E-state index in [-0.39, 0.29) is 25.9 Å². The Morgan fingerprint density at radius 2 is 0.714 bits per heavy atom. The highest BCUT2D eigenvalue weighted by Gasteiger charge is 2.28. The zero-order valence-corrected chi connectivity index (χ0v) is 45.9. The molecule has 3 atom stereocenters. The van der Waals surface area contributed by atoms with Gasteiger partial charge in [0.1, 0.15) is 12.7 Å². The number of rotatable bonds is 53. The Morgan fingerprint density at radius 3 is 1.14 bits per heavy atom. The molecule has 0 saturated carbocycles. The van der Waals surface area contributed by atoms with E-state index in [9.17, 15) is 28.9 Å². The molecule has 0 aromatic heterocycles. The van der Waals surface area contributed by atoms with Crippen LogP contribution in [0.15, 0.2) is 48.6 Å². The Bertz CT molecular complexity index is 1360. The number of unbranched alkanes of at least 4 members (excludes halogenated alkanes) is 28. The van der Waals surface area contributed by atoms with Gasteiger partial charge in [0.25, 0.3) is 0 Å². The molecule has 0 saturated heterocycles. The summed E-state index contributed by atoms with van der Waals surface area (Å²) in [5.41, 5.74) is 0. The van der Waals surface area contributed by atoms with Crippen molar-refractivity contribution in [1.82, 2.24) is 0 Å². The Morgan fingerprint density at radius 1 is 0.400 bits per heavy atom. The van der Waals surface area contributed by atoms with Gasteiger partial charge in [-0.05, 0) is 96.3 Å². The summed E-state index contributed by atoms with van der Waals surface area (Å²) in [4.78, 5) is 48.4. The van der Waals surface area contributed by atoms with Gasteiger partial charge in [0, 0.05) is 19.3 Å². The van der Waals surface area contributed by atoms with Crippen LogP contribution in [0.4, 0.5) is 0 Å². The summed E-state index contributed by atoms with van der Waals surface area (Å²) < 4.78 is 39.4. The number of hydrogen-bond acceptors (Lipinski definition) is 10. The second kappa shape index (κ2) is 52.8. The minimum atomic E-state index is -4.75. The van der Waals surface area contributed by atoms with Gasteiger partial charge in [-0.2, -0.15) is 0 Å². The van der Waals surface area contributed by atoms with E-state index >= 15 is 0 Å². The van der Waals surface area contributed by atoms with Crippen molar-refractivity contribution in [3.63, 3.8) is 0 Å². The molecule has 0 spiro atoms. The SMILES string of the molecule is CCCC/C=C\CCCCCCCC(=O)OC(CO)COP(=O)(O)OCC(COC(=O)CCCCCCCCC/C=C\C/C=C\CCCCC)OC(=O)CCCCCCC/C=C\CCCCCCCC. The number of allylic oxidation sites excluding steroid dienone is 8. The maximum atomic E-state index is 12.9. The van der Waals surface area contributed by atoms with Gasteiger partial charge < -0.3 is 24.2 Å². The second-order valence-electron chi connectivity index (χ2n) is 19.1. The largest absolute Gasteiger partial charge is 0.472 e. The fraction of sp³-hybridized carbons (Fsp3) is 0.810. The normalized spacial score (nSPS) is 13.7. The van der Waals surface area contributed by atoms with Crippen LogP contribution in [0.2, 0.25) is 0 Å². The first-order valence-corrected chi connectivity index (χ1v) is 30.0. The Labute approximate surface area is 428 Å². The molecule has 12 heteroatoms. The van der Waals surface area contributed by atoms with Crippen molar-refractivity contribution in [1.29, 1.82) is 0 Å². The van der Waals surface area contributed by atoms with Gasteiger partial charge in [-0.25, -0.2) is 4.57 Å². The molecule has 11 nitrogen and oxygen atoms in total. The smallest absolute Gasteiger partial charge is 0.462 e. The molecule has 0 aliphatic heterocycles. The molecule has 408 valence electrons. The van der Waals surface area contributed by atoms with Crippen LogP contribution in [0.5, 0.6) is 0 Å². The van der Waals surface area contributed by atoms with Crippen molar-refractivity contribution in [3.8, 4) is 0 Å². The Kier molecular flexibility index (Phi) is 50.8. The number of hydrogen-bond donors (Lipinski definition) is 2. The molecule has 0 amide bonds. The third-order valence-corrected chi connectivity index (χ3v) is 13.1. The lowest BCUT2D eigenvalue weighted by Crippen LogP contribution is -2.30. The number of carbonyl (C=O) groups is 3. The van der Waals surface area contributed by atoms with E-state index in [0.717, 1.165) is 109 Å². The summed E-state index contributed by atoms with van der Waals surface area (Å²) in [6, 6.07) is 0. The molecular weight excluding hydrogens is 904 g/mol. The van der Waals surface area contributed by atoms with E-state index in [1.165, 1.54) is 96.3 Å². The van der Waals surface area contributed by atoms with Crippen LogP contribution in [-0.4, -0.2) is 66.5 Å². The monoisotopic (exact) mass is 1010 g/mol. The second-order valence-corrected chi connectivity index (χ2v) is 20.5. The third-order valence-electron chi connectivity index (χ3n) is 12.2. The molecule has 0 aromatic rings. The summed E-state index contributed by atoms with van der Waals surface area (Å²) >= 11 is 0. The lowest BCUT2D eigenvalue weighted by molar-refractivity contribution is -0.161. The fourth-order valence-electron chi connectivity index (χ4n) is 7.77. The summed E-state index contributed by atoms with van der Waals surface area (Å²) in [6.07, 6.45) is 55.0. The highest BCUT2D eigenvalue weighted by molar-refractivity contribution is 7.47. The molecule has 0 bridgehead atoms. The first kappa shape index (κ1) is 67.4. The molecule has 0 heterocycles. The summed E-state index contributed by atoms with van der Waals surface area (Å²) in [6.45, 7) is 4.56. The van der Waals surface area contributed by atoms with Crippen molar-refractivity contribution >= 4 is 25.7 Å². The molecule has 0 fully saturated rings. The zero-order chi connectivity index (χ0) is 51.3. The minimum Gasteiger partial charge on any atom is -0.462 e. The Hall–Kier alpha value is -2.56. The van der Waals surface area contributed by atoms with Crippen LogP contribution in [0.1, 0.15) is 265 Å². The highest BCUT2D eigenvalue weighted by atomic mass is 31.2. The summed E-state index contributed by atoms with van der Waals surface area (Å²) in [7, 11) is -4.75. The zero-order valence-electron chi connectivity index (χ0n) is 45.0. The van der Waals surface area contributed by atoms with Crippen molar-refractivity contribution < 1.29 is 52.2 Å². The molecule has 70 heavy (non-hydrogen) atoms. The topological polar surface area (TPSA) is 155 Å². The standard InChI is InChI=1S/C58H105O11P/c1-4-7-10-13-16-19-22-24-26-27-29-30-33-35-38-41-44-47-56(60)65-51-55(69-58(62)49-46-43-40-37-34-31-28-25-23-20-17-14-11-8-5-2)53-67-70(63,64)66-52-54(50-59)68-57(61)48-45-42-39-36-32-21-18-15-12-9-6-3/h15-16,18-19,24-26,28,54-55,59H,4-14,17,20-23,27,29-53H2,1-3H3,(H,63,64)/b18-15-,19-16-,26-24-,28-25-. The predicted molar refractivity (Wildman–Crippen MR) is 289 cm³/mol. The number of aliphatic hydroxyl groups excluding tert-OH is 1. The van der Waals surface area contributed by atoms with Crippen LogP contribution in [-0.2, 0) is 42.2 Å². The van der Waals surface area contributed by atoms with Gasteiger partial charge >= 0.3 is 25.7 Å². The molecule has 3 unspecified atom stereocenters. The molecule has 0 radical (unpaired) electrons. The summed E-state index contributed by atoms with van der Waals surface area (Å²) in [5, 5.41) is 9.78. The van der Waals surface area contributed by atoms with Gasteiger partial charge in [0.05, 0.1) is 19.8 Å². The molecular formula is C58H105O11P. The van der Waals surface area contributed by atoms with Crippen molar-refractivity contribution in [3.05, 3.63) is 48.6 Å². The fourth-order valence-corrected chi connectivity index (χ4v) is 8.56. The molecule has 0 aliphatic carbocycles. The molecule has 0 aromatic carbocycles. The first-order valence-electron chi connectivity index (χ1n) is 28.5. The first-order chi connectivity index (χ1) is 34.2. The maximum absolute atomic E-state index is 12.9. The van der Waals surface area contributed by atoms with Gasteiger partial charge in [-0.3, -0.25) is 23.4 Å². The predicted octanol–water partition coefficient (Wildman–Crippen LogP) is 16.6. The molecule has 0 aliphatic rings. The van der Waals surface area contributed by atoms with Gasteiger partial charge in [0.2, 0.25) is 0 Å². The van der Waals surface area contributed by atoms with Crippen LogP contribution in [0.3, 0.4) is 0 Å². The van der Waals surface area contributed by atoms with Crippen LogP contribution >= 0.6 is 7.82 Å². The van der Waals surface area contributed by atoms with Gasteiger partial charge in [0.15, 0.2) is 6.10 Å². The van der Waals surface area contributed by atoms with Crippen molar-refractivity contribution in [2.24, 2.45) is 0 Å². The number of phosphoric acid groups is 1. The van der Waals surface area contributed by atoms with E-state index in [1.54, 1.807) is 0 Å². The van der Waals surface area contributed by atoms with Crippen LogP contribution in [0, 0.1) is 0 Å². The van der Waals surface area contributed by atoms with E-state index in [2.05, 4.69) is 69.4 Å². The van der Waals surface area contributed by atoms with Crippen molar-refractivity contribution in [2.45, 2.75) is 277 Å². The molecule has 2 N–H and O–H groups in total. The van der Waals surface area contributed by atoms with E-state index < -0.39 is 57.8 Å². The number of aliphatic hydroxyl groups is 1.